The maximum absolute atomic E-state index is 11.5. The third-order valence-corrected chi connectivity index (χ3v) is 3.98. The lowest BCUT2D eigenvalue weighted by Crippen LogP contribution is -2.06. The van der Waals surface area contributed by atoms with E-state index in [-0.39, 0.29) is 36.2 Å². The molecule has 0 heterocycles. The van der Waals surface area contributed by atoms with Crippen molar-refractivity contribution in [3.05, 3.63) is 46.5 Å². The summed E-state index contributed by atoms with van der Waals surface area (Å²) in [6, 6.07) is 6.17. The van der Waals surface area contributed by atoms with E-state index in [2.05, 4.69) is 23.7 Å². The van der Waals surface area contributed by atoms with E-state index in [0.29, 0.717) is 22.3 Å². The highest BCUT2D eigenvalue weighted by Crippen LogP contribution is 2.34. The van der Waals surface area contributed by atoms with Gasteiger partial charge in [0.25, 0.3) is 0 Å². The van der Waals surface area contributed by atoms with E-state index in [1.54, 1.807) is 12.1 Å². The Balaban J connectivity index is 2.55. The highest BCUT2D eigenvalue weighted by Gasteiger charge is 2.15. The van der Waals surface area contributed by atoms with Gasteiger partial charge >= 0.3 is 11.9 Å². The smallest absolute Gasteiger partial charge is 0.308 e. The van der Waals surface area contributed by atoms with Gasteiger partial charge < -0.3 is 29.2 Å². The molecule has 32 heavy (non-hydrogen) atoms. The number of hydrogen-bond acceptors (Lipinski definition) is 8. The quantitative estimate of drug-likeness (QED) is 0.400. The van der Waals surface area contributed by atoms with Crippen molar-refractivity contribution in [1.82, 2.24) is 0 Å². The maximum Gasteiger partial charge on any atom is 0.308 e. The first kappa shape index (κ1) is 24.3. The number of methoxy groups -OCH3 is 2. The van der Waals surface area contributed by atoms with Crippen LogP contribution in [0.1, 0.15) is 36.1 Å². The highest BCUT2D eigenvalue weighted by molar-refractivity contribution is 5.74. The second kappa shape index (κ2) is 11.4. The van der Waals surface area contributed by atoms with Crippen LogP contribution in [0.4, 0.5) is 0 Å². The van der Waals surface area contributed by atoms with E-state index in [1.807, 2.05) is 0 Å². The molecule has 2 aromatic carbocycles. The maximum atomic E-state index is 11.5. The second-order valence-electron chi connectivity index (χ2n) is 6.35. The molecule has 2 rings (SSSR count). The van der Waals surface area contributed by atoms with Gasteiger partial charge in [-0.1, -0.05) is 0 Å². The van der Waals surface area contributed by atoms with Crippen molar-refractivity contribution >= 4 is 11.9 Å². The van der Waals surface area contributed by atoms with E-state index in [0.717, 1.165) is 0 Å². The largest absolute Gasteiger partial charge is 0.493 e. The predicted molar refractivity (Wildman–Crippen MR) is 114 cm³/mol. The van der Waals surface area contributed by atoms with Gasteiger partial charge in [-0.05, 0) is 59.1 Å². The molecule has 8 nitrogen and oxygen atoms in total. The van der Waals surface area contributed by atoms with Gasteiger partial charge in [0.05, 0.1) is 38.6 Å². The molecule has 0 saturated heterocycles. The molecule has 0 aliphatic carbocycles. The monoisotopic (exact) mass is 438 g/mol. The zero-order valence-corrected chi connectivity index (χ0v) is 18.1. The Morgan fingerprint density at radius 1 is 0.750 bits per heavy atom. The summed E-state index contributed by atoms with van der Waals surface area (Å²) < 4.78 is 20.9. The summed E-state index contributed by atoms with van der Waals surface area (Å²) in [6.07, 6.45) is 0. The lowest BCUT2D eigenvalue weighted by atomic mass is 10.1. The molecule has 0 unspecified atom stereocenters. The molecule has 2 N–H and O–H groups in total. The fourth-order valence-electron chi connectivity index (χ4n) is 2.69. The van der Waals surface area contributed by atoms with Crippen LogP contribution in [-0.2, 0) is 22.8 Å². The van der Waals surface area contributed by atoms with Gasteiger partial charge in [-0.3, -0.25) is 9.59 Å². The molecule has 0 aliphatic heterocycles. The van der Waals surface area contributed by atoms with Gasteiger partial charge in [0.15, 0.2) is 23.0 Å². The van der Waals surface area contributed by atoms with Crippen molar-refractivity contribution in [2.75, 3.05) is 14.2 Å². The molecular weight excluding hydrogens is 416 g/mol. The minimum atomic E-state index is -0.562. The van der Waals surface area contributed by atoms with E-state index < -0.39 is 11.9 Å². The molecule has 0 fully saturated rings. The first-order valence-electron chi connectivity index (χ1n) is 9.35. The summed E-state index contributed by atoms with van der Waals surface area (Å²) in [4.78, 5) is 22.9. The number of ether oxygens (including phenoxy) is 4. The molecule has 0 aliphatic rings. The van der Waals surface area contributed by atoms with Crippen molar-refractivity contribution in [2.24, 2.45) is 0 Å². The zero-order valence-electron chi connectivity index (χ0n) is 18.1. The third kappa shape index (κ3) is 6.26. The van der Waals surface area contributed by atoms with Gasteiger partial charge in [0.1, 0.15) is 0 Å². The van der Waals surface area contributed by atoms with Gasteiger partial charge in [0.2, 0.25) is 0 Å². The molecule has 2 aromatic rings. The van der Waals surface area contributed by atoms with Crippen molar-refractivity contribution in [1.29, 1.82) is 0 Å². The van der Waals surface area contributed by atoms with Crippen LogP contribution >= 0.6 is 0 Å². The number of hydrogen-bond donors (Lipinski definition) is 2. The average Bonchev–Trinajstić information content (AvgIpc) is 2.77. The summed E-state index contributed by atoms with van der Waals surface area (Å²) in [7, 11) is 2.80. The van der Waals surface area contributed by atoms with Crippen molar-refractivity contribution in [2.45, 2.75) is 27.1 Å². The Bertz CT molecular complexity index is 1050. The van der Waals surface area contributed by atoms with Crippen LogP contribution in [0.3, 0.4) is 0 Å². The summed E-state index contributed by atoms with van der Waals surface area (Å²) >= 11 is 0. The van der Waals surface area contributed by atoms with Crippen LogP contribution in [0.25, 0.3) is 0 Å². The first-order chi connectivity index (χ1) is 15.3. The van der Waals surface area contributed by atoms with Gasteiger partial charge in [-0.15, -0.1) is 0 Å². The molecule has 0 bridgehead atoms. The topological polar surface area (TPSA) is 112 Å². The fraction of sp³-hybridized carbons (Fsp3) is 0.250. The fourth-order valence-corrected chi connectivity index (χ4v) is 2.69. The SMILES string of the molecule is COc1cc(CO)cc(C#CC#Cc2cc(CO)cc(OC)c2OC(C)=O)c1OC(C)=O. The number of aliphatic hydroxyl groups excluding tert-OH is 2. The minimum Gasteiger partial charge on any atom is -0.493 e. The summed E-state index contributed by atoms with van der Waals surface area (Å²) in [5, 5.41) is 18.9. The molecule has 0 saturated carbocycles. The Morgan fingerprint density at radius 2 is 1.12 bits per heavy atom. The van der Waals surface area contributed by atoms with Crippen LogP contribution in [0.2, 0.25) is 0 Å². The first-order valence-corrected chi connectivity index (χ1v) is 9.35. The van der Waals surface area contributed by atoms with Crippen LogP contribution in [0, 0.1) is 23.7 Å². The summed E-state index contributed by atoms with van der Waals surface area (Å²) in [5.41, 5.74) is 1.60. The van der Waals surface area contributed by atoms with E-state index in [4.69, 9.17) is 18.9 Å². The van der Waals surface area contributed by atoms with Gasteiger partial charge in [-0.25, -0.2) is 0 Å². The normalized spacial score (nSPS) is 9.56. The number of esters is 2. The number of benzene rings is 2. The van der Waals surface area contributed by atoms with E-state index in [1.165, 1.54) is 40.2 Å². The average molecular weight is 438 g/mol. The van der Waals surface area contributed by atoms with Crippen LogP contribution in [0.5, 0.6) is 23.0 Å². The second-order valence-corrected chi connectivity index (χ2v) is 6.35. The van der Waals surface area contributed by atoms with Crippen molar-refractivity contribution < 1.29 is 38.7 Å². The Kier molecular flexibility index (Phi) is 8.67. The molecule has 0 amide bonds. The molecule has 0 aromatic heterocycles. The number of carbonyl (C=O) groups excluding carboxylic acids is 2. The standard InChI is InChI=1S/C24H22O8/c1-15(27)31-23-19(9-17(13-25)11-21(23)29-3)7-5-6-8-20-10-18(14-26)12-22(30-4)24(20)32-16(2)28/h9-12,25-26H,13-14H2,1-4H3. The molecule has 0 spiro atoms. The van der Waals surface area contributed by atoms with Gasteiger partial charge in [-0.2, -0.15) is 0 Å². The molecule has 0 atom stereocenters. The Hall–Kier alpha value is -3.98. The van der Waals surface area contributed by atoms with Gasteiger partial charge in [0, 0.05) is 13.8 Å². The number of aliphatic hydroxyl groups is 2. The minimum absolute atomic E-state index is 0.107. The van der Waals surface area contributed by atoms with Crippen LogP contribution < -0.4 is 18.9 Å². The molecular formula is C24H22O8. The van der Waals surface area contributed by atoms with Crippen molar-refractivity contribution in [3.8, 4) is 46.7 Å². The molecule has 0 radical (unpaired) electrons. The lowest BCUT2D eigenvalue weighted by molar-refractivity contribution is -0.132. The van der Waals surface area contributed by atoms with E-state index >= 15 is 0 Å². The zero-order chi connectivity index (χ0) is 23.7. The summed E-state index contributed by atoms with van der Waals surface area (Å²) in [5.74, 6) is 10.4. The predicted octanol–water partition coefficient (Wildman–Crippen LogP) is 1.94. The van der Waals surface area contributed by atoms with Crippen LogP contribution in [-0.4, -0.2) is 36.4 Å². The Morgan fingerprint density at radius 3 is 1.41 bits per heavy atom. The van der Waals surface area contributed by atoms with Crippen molar-refractivity contribution in [3.63, 3.8) is 0 Å². The Labute approximate surface area is 185 Å². The molecule has 8 heteroatoms. The van der Waals surface area contributed by atoms with Crippen LogP contribution in [0.15, 0.2) is 24.3 Å². The molecule has 166 valence electrons. The number of carbonyl (C=O) groups is 2. The highest BCUT2D eigenvalue weighted by atomic mass is 16.6. The summed E-state index contributed by atoms with van der Waals surface area (Å²) in [6.45, 7) is 1.95. The third-order valence-electron chi connectivity index (χ3n) is 3.98. The van der Waals surface area contributed by atoms with E-state index in [9.17, 15) is 19.8 Å². The number of rotatable bonds is 6. The lowest BCUT2D eigenvalue weighted by Gasteiger charge is -2.11.